The summed E-state index contributed by atoms with van der Waals surface area (Å²) in [7, 11) is 0. The molecule has 0 saturated heterocycles. The molecule has 90 valence electrons. The predicted octanol–water partition coefficient (Wildman–Crippen LogP) is 4.42. The summed E-state index contributed by atoms with van der Waals surface area (Å²) < 4.78 is 5.78. The zero-order chi connectivity index (χ0) is 11.9. The Labute approximate surface area is 99.8 Å². The van der Waals surface area contributed by atoms with Crippen LogP contribution in [0.3, 0.4) is 0 Å². The molecule has 1 aromatic carbocycles. The van der Waals surface area contributed by atoms with Gasteiger partial charge in [0.05, 0.1) is 13.2 Å². The minimum atomic E-state index is 0.310. The second-order valence-electron chi connectivity index (χ2n) is 5.25. The lowest BCUT2D eigenvalue weighted by atomic mass is 9.88. The number of hydrogen-bond donors (Lipinski definition) is 0. The molecule has 0 N–H and O–H groups in total. The first kappa shape index (κ1) is 13.2. The second-order valence-corrected chi connectivity index (χ2v) is 5.25. The highest BCUT2D eigenvalue weighted by molar-refractivity contribution is 5.13. The topological polar surface area (TPSA) is 9.23 Å². The molecule has 0 unspecified atom stereocenters. The Balaban J connectivity index is 2.24. The van der Waals surface area contributed by atoms with E-state index < -0.39 is 0 Å². The van der Waals surface area contributed by atoms with Crippen molar-refractivity contribution in [2.75, 3.05) is 6.61 Å². The normalized spacial score (nSPS) is 11.7. The molecule has 0 aliphatic heterocycles. The van der Waals surface area contributed by atoms with Crippen molar-refractivity contribution in [1.82, 2.24) is 0 Å². The molecular formula is C15H24O. The lowest BCUT2D eigenvalue weighted by Crippen LogP contribution is -2.19. The Hall–Kier alpha value is -0.820. The van der Waals surface area contributed by atoms with E-state index in [1.54, 1.807) is 0 Å². The summed E-state index contributed by atoms with van der Waals surface area (Å²) in [5, 5.41) is 0. The van der Waals surface area contributed by atoms with Gasteiger partial charge in [-0.3, -0.25) is 0 Å². The minimum absolute atomic E-state index is 0.310. The van der Waals surface area contributed by atoms with Crippen molar-refractivity contribution < 1.29 is 4.74 Å². The Bertz CT molecular complexity index is 277. The number of ether oxygens (including phenoxy) is 1. The lowest BCUT2D eigenvalue weighted by Gasteiger charge is -2.24. The molecule has 0 radical (unpaired) electrons. The van der Waals surface area contributed by atoms with E-state index in [9.17, 15) is 0 Å². The summed E-state index contributed by atoms with van der Waals surface area (Å²) in [6, 6.07) is 10.4. The predicted molar refractivity (Wildman–Crippen MR) is 69.4 cm³/mol. The van der Waals surface area contributed by atoms with Crippen molar-refractivity contribution in [3.63, 3.8) is 0 Å². The number of rotatable bonds is 7. The molecule has 16 heavy (non-hydrogen) atoms. The van der Waals surface area contributed by atoms with Crippen molar-refractivity contribution in [3.05, 3.63) is 35.9 Å². The molecule has 0 amide bonds. The lowest BCUT2D eigenvalue weighted by molar-refractivity contribution is 0.0461. The van der Waals surface area contributed by atoms with Gasteiger partial charge in [0.15, 0.2) is 0 Å². The van der Waals surface area contributed by atoms with Crippen LogP contribution in [0.5, 0.6) is 0 Å². The van der Waals surface area contributed by atoms with Crippen molar-refractivity contribution in [3.8, 4) is 0 Å². The summed E-state index contributed by atoms with van der Waals surface area (Å²) >= 11 is 0. The minimum Gasteiger partial charge on any atom is -0.376 e. The molecule has 0 aliphatic carbocycles. The van der Waals surface area contributed by atoms with Gasteiger partial charge in [-0.15, -0.1) is 0 Å². The Morgan fingerprint density at radius 1 is 1.12 bits per heavy atom. The Morgan fingerprint density at radius 3 is 2.44 bits per heavy atom. The smallest absolute Gasteiger partial charge is 0.0717 e. The molecule has 0 spiro atoms. The Kier molecular flexibility index (Phi) is 5.54. The van der Waals surface area contributed by atoms with E-state index in [0.29, 0.717) is 5.41 Å². The van der Waals surface area contributed by atoms with E-state index in [1.165, 1.54) is 24.8 Å². The van der Waals surface area contributed by atoms with E-state index in [2.05, 4.69) is 45.0 Å². The molecule has 0 fully saturated rings. The maximum Gasteiger partial charge on any atom is 0.0717 e. The average molecular weight is 220 g/mol. The monoisotopic (exact) mass is 220 g/mol. The van der Waals surface area contributed by atoms with Crippen LogP contribution in [0.1, 0.15) is 45.6 Å². The molecule has 0 aromatic heterocycles. The third-order valence-electron chi connectivity index (χ3n) is 2.81. The van der Waals surface area contributed by atoms with Gasteiger partial charge in [-0.2, -0.15) is 0 Å². The molecule has 0 bridgehead atoms. The molecule has 0 heterocycles. The highest BCUT2D eigenvalue weighted by atomic mass is 16.5. The maximum atomic E-state index is 5.78. The Morgan fingerprint density at radius 2 is 1.81 bits per heavy atom. The van der Waals surface area contributed by atoms with Gasteiger partial charge in [-0.05, 0) is 17.4 Å². The second kappa shape index (κ2) is 6.70. The van der Waals surface area contributed by atoms with Crippen LogP contribution in [0.4, 0.5) is 0 Å². The standard InChI is InChI=1S/C15H24O/c1-4-5-11-15(2,3)13-16-12-14-9-7-6-8-10-14/h6-10H,4-5,11-13H2,1-3H3. The molecule has 1 nitrogen and oxygen atoms in total. The molecule has 0 aliphatic rings. The van der Waals surface area contributed by atoms with Crippen molar-refractivity contribution in [1.29, 1.82) is 0 Å². The molecule has 0 atom stereocenters. The van der Waals surface area contributed by atoms with Gasteiger partial charge in [0.25, 0.3) is 0 Å². The molecule has 0 saturated carbocycles. The van der Waals surface area contributed by atoms with Crippen LogP contribution >= 0.6 is 0 Å². The first-order valence-electron chi connectivity index (χ1n) is 6.26. The van der Waals surface area contributed by atoms with E-state index in [-0.39, 0.29) is 0 Å². The van der Waals surface area contributed by atoms with Gasteiger partial charge in [-0.25, -0.2) is 0 Å². The van der Waals surface area contributed by atoms with Crippen LogP contribution in [0.2, 0.25) is 0 Å². The van der Waals surface area contributed by atoms with E-state index in [0.717, 1.165) is 13.2 Å². The third kappa shape index (κ3) is 5.32. The van der Waals surface area contributed by atoms with Crippen molar-refractivity contribution in [2.24, 2.45) is 5.41 Å². The fourth-order valence-corrected chi connectivity index (χ4v) is 1.75. The quantitative estimate of drug-likeness (QED) is 0.661. The maximum absolute atomic E-state index is 5.78. The average Bonchev–Trinajstić information content (AvgIpc) is 2.28. The van der Waals surface area contributed by atoms with Crippen LogP contribution in [0.25, 0.3) is 0 Å². The van der Waals surface area contributed by atoms with Crippen molar-refractivity contribution >= 4 is 0 Å². The molecular weight excluding hydrogens is 196 g/mol. The summed E-state index contributed by atoms with van der Waals surface area (Å²) in [6.07, 6.45) is 3.81. The zero-order valence-electron chi connectivity index (χ0n) is 10.8. The van der Waals surface area contributed by atoms with E-state index >= 15 is 0 Å². The fourth-order valence-electron chi connectivity index (χ4n) is 1.75. The summed E-state index contributed by atoms with van der Waals surface area (Å²) in [5.74, 6) is 0. The summed E-state index contributed by atoms with van der Waals surface area (Å²) in [4.78, 5) is 0. The third-order valence-corrected chi connectivity index (χ3v) is 2.81. The summed E-state index contributed by atoms with van der Waals surface area (Å²) in [6.45, 7) is 8.39. The summed E-state index contributed by atoms with van der Waals surface area (Å²) in [5.41, 5.74) is 1.57. The molecule has 1 rings (SSSR count). The SMILES string of the molecule is CCCCC(C)(C)COCc1ccccc1. The van der Waals surface area contributed by atoms with Crippen molar-refractivity contribution in [2.45, 2.75) is 46.6 Å². The number of benzene rings is 1. The largest absolute Gasteiger partial charge is 0.376 e. The first-order chi connectivity index (χ1) is 7.64. The zero-order valence-corrected chi connectivity index (χ0v) is 10.8. The first-order valence-corrected chi connectivity index (χ1v) is 6.26. The van der Waals surface area contributed by atoms with Crippen LogP contribution < -0.4 is 0 Å². The van der Waals surface area contributed by atoms with Crippen LogP contribution in [0.15, 0.2) is 30.3 Å². The van der Waals surface area contributed by atoms with Gasteiger partial charge in [0.1, 0.15) is 0 Å². The van der Waals surface area contributed by atoms with Crippen LogP contribution in [-0.4, -0.2) is 6.61 Å². The number of hydrogen-bond acceptors (Lipinski definition) is 1. The van der Waals surface area contributed by atoms with Gasteiger partial charge in [0, 0.05) is 0 Å². The van der Waals surface area contributed by atoms with Gasteiger partial charge >= 0.3 is 0 Å². The van der Waals surface area contributed by atoms with Gasteiger partial charge in [-0.1, -0.05) is 63.9 Å². The van der Waals surface area contributed by atoms with Crippen LogP contribution in [-0.2, 0) is 11.3 Å². The molecule has 1 aromatic rings. The van der Waals surface area contributed by atoms with E-state index in [4.69, 9.17) is 4.74 Å². The van der Waals surface area contributed by atoms with E-state index in [1.807, 2.05) is 6.07 Å². The molecule has 1 heteroatoms. The highest BCUT2D eigenvalue weighted by Crippen LogP contribution is 2.23. The highest BCUT2D eigenvalue weighted by Gasteiger charge is 2.16. The van der Waals surface area contributed by atoms with Crippen LogP contribution in [0, 0.1) is 5.41 Å². The van der Waals surface area contributed by atoms with Gasteiger partial charge < -0.3 is 4.74 Å². The number of unbranched alkanes of at least 4 members (excludes halogenated alkanes) is 1. The van der Waals surface area contributed by atoms with Gasteiger partial charge in [0.2, 0.25) is 0 Å². The fraction of sp³-hybridized carbons (Fsp3) is 0.600.